The summed E-state index contributed by atoms with van der Waals surface area (Å²) in [6, 6.07) is 1.96. The number of nitrogens with one attached hydrogen (secondary N) is 2. The fourth-order valence-electron chi connectivity index (χ4n) is 2.95. The van der Waals surface area contributed by atoms with Crippen molar-refractivity contribution in [1.82, 2.24) is 20.1 Å². The first-order chi connectivity index (χ1) is 13.3. The molecule has 0 aliphatic heterocycles. The van der Waals surface area contributed by atoms with E-state index in [0.717, 1.165) is 30.5 Å². The van der Waals surface area contributed by atoms with Crippen LogP contribution in [0.1, 0.15) is 30.1 Å². The lowest BCUT2D eigenvalue weighted by molar-refractivity contribution is -0.148. The standard InChI is InChI=1S/C17H19F4N5O2/c1-26-13-4-2-3-12(11(13)8-23-26)25-16(27)24-10-5-6-14(22-7-10)28-9-17(20,21)15(18)19/h5-8,12,15H,2-4,9H2,1H3,(H2,24,25,27). The Labute approximate surface area is 158 Å². The summed E-state index contributed by atoms with van der Waals surface area (Å²) >= 11 is 0. The lowest BCUT2D eigenvalue weighted by Gasteiger charge is -2.23. The number of urea groups is 1. The third kappa shape index (κ3) is 4.52. The van der Waals surface area contributed by atoms with E-state index in [2.05, 4.69) is 25.5 Å². The van der Waals surface area contributed by atoms with Crippen molar-refractivity contribution in [1.29, 1.82) is 0 Å². The number of carbonyl (C=O) groups excluding carboxylic acids is 1. The first-order valence-corrected chi connectivity index (χ1v) is 8.59. The van der Waals surface area contributed by atoms with Gasteiger partial charge in [0.1, 0.15) is 0 Å². The lowest BCUT2D eigenvalue weighted by Crippen LogP contribution is -2.34. The second kappa shape index (κ2) is 8.03. The molecule has 2 N–H and O–H groups in total. The minimum Gasteiger partial charge on any atom is -0.471 e. The molecule has 0 saturated carbocycles. The van der Waals surface area contributed by atoms with Crippen LogP contribution in [0.25, 0.3) is 0 Å². The molecule has 0 spiro atoms. The van der Waals surface area contributed by atoms with E-state index in [1.54, 1.807) is 10.9 Å². The van der Waals surface area contributed by atoms with Crippen molar-refractivity contribution in [3.8, 4) is 5.88 Å². The topological polar surface area (TPSA) is 81.1 Å². The molecule has 0 saturated heterocycles. The van der Waals surface area contributed by atoms with Crippen molar-refractivity contribution in [3.05, 3.63) is 35.8 Å². The molecule has 0 aromatic carbocycles. The van der Waals surface area contributed by atoms with Gasteiger partial charge in [0.05, 0.1) is 24.1 Å². The maximum absolute atomic E-state index is 12.8. The van der Waals surface area contributed by atoms with Crippen molar-refractivity contribution in [2.75, 3.05) is 11.9 Å². The minimum absolute atomic E-state index is 0.162. The number of hydrogen-bond acceptors (Lipinski definition) is 4. The molecule has 2 aromatic heterocycles. The molecular formula is C17H19F4N5O2. The van der Waals surface area contributed by atoms with Crippen LogP contribution in [-0.2, 0) is 13.5 Å². The summed E-state index contributed by atoms with van der Waals surface area (Å²) in [6.07, 6.45) is 1.72. The number of aryl methyl sites for hydroxylation is 1. The average molecular weight is 401 g/mol. The van der Waals surface area contributed by atoms with E-state index in [9.17, 15) is 22.4 Å². The van der Waals surface area contributed by atoms with Crippen LogP contribution in [0.4, 0.5) is 28.0 Å². The van der Waals surface area contributed by atoms with Gasteiger partial charge in [0.2, 0.25) is 5.88 Å². The van der Waals surface area contributed by atoms with Gasteiger partial charge >= 0.3 is 18.4 Å². The number of carbonyl (C=O) groups is 1. The largest absolute Gasteiger partial charge is 0.471 e. The van der Waals surface area contributed by atoms with Crippen LogP contribution in [-0.4, -0.2) is 39.8 Å². The van der Waals surface area contributed by atoms with Gasteiger partial charge in [0.25, 0.3) is 0 Å². The number of hydrogen-bond donors (Lipinski definition) is 2. The van der Waals surface area contributed by atoms with E-state index in [-0.39, 0.29) is 11.9 Å². The van der Waals surface area contributed by atoms with Crippen LogP contribution in [0.5, 0.6) is 5.88 Å². The fraction of sp³-hybridized carbons (Fsp3) is 0.471. The first kappa shape index (κ1) is 19.9. The zero-order valence-electron chi connectivity index (χ0n) is 15.0. The van der Waals surface area contributed by atoms with Gasteiger partial charge in [-0.2, -0.15) is 13.9 Å². The Kier molecular flexibility index (Phi) is 5.71. The average Bonchev–Trinajstić information content (AvgIpc) is 3.03. The van der Waals surface area contributed by atoms with E-state index in [4.69, 9.17) is 0 Å². The number of alkyl halides is 4. The zero-order valence-corrected chi connectivity index (χ0v) is 15.0. The molecule has 0 radical (unpaired) electrons. The Balaban J connectivity index is 1.54. The van der Waals surface area contributed by atoms with Gasteiger partial charge in [-0.15, -0.1) is 0 Å². The number of ether oxygens (including phenoxy) is 1. The number of pyridine rings is 1. The number of nitrogens with zero attached hydrogens (tertiary/aromatic N) is 3. The number of fused-ring (bicyclic) bond motifs is 1. The van der Waals surface area contributed by atoms with Crippen molar-refractivity contribution >= 4 is 11.7 Å². The van der Waals surface area contributed by atoms with E-state index in [1.807, 2.05) is 7.05 Å². The van der Waals surface area contributed by atoms with Crippen LogP contribution >= 0.6 is 0 Å². The van der Waals surface area contributed by atoms with Crippen LogP contribution in [0.15, 0.2) is 24.5 Å². The highest BCUT2D eigenvalue weighted by atomic mass is 19.3. The Bertz CT molecular complexity index is 825. The molecule has 152 valence electrons. The summed E-state index contributed by atoms with van der Waals surface area (Å²) in [4.78, 5) is 15.9. The molecule has 0 fully saturated rings. The predicted molar refractivity (Wildman–Crippen MR) is 91.7 cm³/mol. The highest BCUT2D eigenvalue weighted by Gasteiger charge is 2.41. The summed E-state index contributed by atoms with van der Waals surface area (Å²) in [5.74, 6) is -4.51. The van der Waals surface area contributed by atoms with E-state index < -0.39 is 25.0 Å². The third-order valence-electron chi connectivity index (χ3n) is 4.41. The van der Waals surface area contributed by atoms with Gasteiger partial charge in [-0.25, -0.2) is 18.6 Å². The number of amides is 2. The second-order valence-corrected chi connectivity index (χ2v) is 6.45. The molecule has 3 rings (SSSR count). The number of anilines is 1. The number of aromatic nitrogens is 3. The minimum atomic E-state index is -4.26. The van der Waals surface area contributed by atoms with Gasteiger partial charge < -0.3 is 15.4 Å². The summed E-state index contributed by atoms with van der Waals surface area (Å²) < 4.78 is 56.2. The molecule has 2 heterocycles. The number of halogens is 4. The van der Waals surface area contributed by atoms with Crippen molar-refractivity contribution in [2.24, 2.45) is 7.05 Å². The van der Waals surface area contributed by atoms with Crippen molar-refractivity contribution in [2.45, 2.75) is 37.7 Å². The molecule has 0 bridgehead atoms. The SMILES string of the molecule is Cn1ncc2c1CCCC2NC(=O)Nc1ccc(OCC(F)(F)C(F)F)nc1. The van der Waals surface area contributed by atoms with Crippen LogP contribution in [0.2, 0.25) is 0 Å². The third-order valence-corrected chi connectivity index (χ3v) is 4.41. The van der Waals surface area contributed by atoms with Crippen molar-refractivity contribution < 1.29 is 27.1 Å². The first-order valence-electron chi connectivity index (χ1n) is 8.59. The molecular weight excluding hydrogens is 382 g/mol. The Morgan fingerprint density at radius 2 is 2.18 bits per heavy atom. The molecule has 7 nitrogen and oxygen atoms in total. The summed E-state index contributed by atoms with van der Waals surface area (Å²) in [5, 5.41) is 9.66. The molecule has 1 unspecified atom stereocenters. The van der Waals surface area contributed by atoms with Gasteiger partial charge in [0, 0.05) is 24.4 Å². The van der Waals surface area contributed by atoms with Crippen LogP contribution in [0.3, 0.4) is 0 Å². The zero-order chi connectivity index (χ0) is 20.3. The molecule has 11 heteroatoms. The predicted octanol–water partition coefficient (Wildman–Crippen LogP) is 3.29. The van der Waals surface area contributed by atoms with Gasteiger partial charge in [-0.3, -0.25) is 4.68 Å². The normalized spacial score (nSPS) is 16.6. The Hall–Kier alpha value is -2.85. The van der Waals surface area contributed by atoms with E-state index in [0.29, 0.717) is 5.69 Å². The Morgan fingerprint density at radius 1 is 1.39 bits per heavy atom. The van der Waals surface area contributed by atoms with Gasteiger partial charge in [0.15, 0.2) is 6.61 Å². The van der Waals surface area contributed by atoms with Crippen LogP contribution < -0.4 is 15.4 Å². The highest BCUT2D eigenvalue weighted by Crippen LogP contribution is 2.29. The van der Waals surface area contributed by atoms with Gasteiger partial charge in [-0.1, -0.05) is 0 Å². The summed E-state index contributed by atoms with van der Waals surface area (Å²) in [7, 11) is 1.85. The quantitative estimate of drug-likeness (QED) is 0.728. The fourth-order valence-corrected chi connectivity index (χ4v) is 2.95. The lowest BCUT2D eigenvalue weighted by atomic mass is 9.93. The molecule has 2 aromatic rings. The maximum atomic E-state index is 12.8. The smallest absolute Gasteiger partial charge is 0.340 e. The Morgan fingerprint density at radius 3 is 2.86 bits per heavy atom. The summed E-state index contributed by atoms with van der Waals surface area (Å²) in [5.41, 5.74) is 2.36. The molecule has 1 aliphatic rings. The molecule has 1 aliphatic carbocycles. The monoisotopic (exact) mass is 401 g/mol. The van der Waals surface area contributed by atoms with Crippen LogP contribution in [0, 0.1) is 0 Å². The van der Waals surface area contributed by atoms with Gasteiger partial charge in [-0.05, 0) is 25.3 Å². The maximum Gasteiger partial charge on any atom is 0.340 e. The van der Waals surface area contributed by atoms with E-state index >= 15 is 0 Å². The molecule has 1 atom stereocenters. The van der Waals surface area contributed by atoms with E-state index in [1.165, 1.54) is 18.3 Å². The highest BCUT2D eigenvalue weighted by molar-refractivity contribution is 5.89. The second-order valence-electron chi connectivity index (χ2n) is 6.45. The number of rotatable bonds is 6. The molecule has 28 heavy (non-hydrogen) atoms. The van der Waals surface area contributed by atoms with Crippen molar-refractivity contribution in [3.63, 3.8) is 0 Å². The molecule has 2 amide bonds. The summed E-state index contributed by atoms with van der Waals surface area (Å²) in [6.45, 7) is -1.49.